The minimum absolute atomic E-state index is 0.888. The van der Waals surface area contributed by atoms with Crippen molar-refractivity contribution in [3.8, 4) is 0 Å². The average molecular weight is 290 g/mol. The summed E-state index contributed by atoms with van der Waals surface area (Å²) in [5.41, 5.74) is 8.14. The first-order valence-corrected chi connectivity index (χ1v) is 7.95. The SMILES string of the molecule is Nc1ccccc1N1CCN(CCN2CCOCC2)CC1. The van der Waals surface area contributed by atoms with Crippen LogP contribution in [-0.2, 0) is 4.74 Å². The van der Waals surface area contributed by atoms with Crippen molar-refractivity contribution in [2.75, 3.05) is 76.2 Å². The quantitative estimate of drug-likeness (QED) is 0.828. The summed E-state index contributed by atoms with van der Waals surface area (Å²) in [5.74, 6) is 0. The molecule has 2 saturated heterocycles. The molecule has 2 aliphatic rings. The van der Waals surface area contributed by atoms with Gasteiger partial charge in [-0.3, -0.25) is 9.80 Å². The molecule has 116 valence electrons. The highest BCUT2D eigenvalue weighted by atomic mass is 16.5. The lowest BCUT2D eigenvalue weighted by atomic mass is 10.2. The zero-order chi connectivity index (χ0) is 14.5. The van der Waals surface area contributed by atoms with E-state index in [9.17, 15) is 0 Å². The van der Waals surface area contributed by atoms with Crippen LogP contribution in [0.15, 0.2) is 24.3 Å². The molecule has 0 saturated carbocycles. The van der Waals surface area contributed by atoms with Gasteiger partial charge in [0, 0.05) is 52.4 Å². The molecule has 21 heavy (non-hydrogen) atoms. The number of ether oxygens (including phenoxy) is 1. The lowest BCUT2D eigenvalue weighted by molar-refractivity contribution is 0.0331. The van der Waals surface area contributed by atoms with Crippen LogP contribution in [0.2, 0.25) is 0 Å². The van der Waals surface area contributed by atoms with E-state index in [1.54, 1.807) is 0 Å². The summed E-state index contributed by atoms with van der Waals surface area (Å²) in [6.45, 7) is 10.7. The minimum atomic E-state index is 0.888. The van der Waals surface area contributed by atoms with E-state index in [1.165, 1.54) is 5.69 Å². The summed E-state index contributed by atoms with van der Waals surface area (Å²) < 4.78 is 5.39. The lowest BCUT2D eigenvalue weighted by Crippen LogP contribution is -2.49. The molecular weight excluding hydrogens is 264 g/mol. The minimum Gasteiger partial charge on any atom is -0.397 e. The highest BCUT2D eigenvalue weighted by Gasteiger charge is 2.19. The Kier molecular flexibility index (Phi) is 4.95. The van der Waals surface area contributed by atoms with Gasteiger partial charge in [0.2, 0.25) is 0 Å². The van der Waals surface area contributed by atoms with Crippen LogP contribution >= 0.6 is 0 Å². The zero-order valence-electron chi connectivity index (χ0n) is 12.7. The van der Waals surface area contributed by atoms with Gasteiger partial charge in [0.25, 0.3) is 0 Å². The van der Waals surface area contributed by atoms with E-state index in [4.69, 9.17) is 10.5 Å². The Hall–Kier alpha value is -1.30. The molecule has 0 amide bonds. The Balaban J connectivity index is 1.43. The van der Waals surface area contributed by atoms with Gasteiger partial charge in [0.15, 0.2) is 0 Å². The monoisotopic (exact) mass is 290 g/mol. The maximum Gasteiger partial charge on any atom is 0.0600 e. The third kappa shape index (κ3) is 3.87. The van der Waals surface area contributed by atoms with E-state index in [0.29, 0.717) is 0 Å². The van der Waals surface area contributed by atoms with Crippen LogP contribution in [0.4, 0.5) is 11.4 Å². The zero-order valence-corrected chi connectivity index (χ0v) is 12.7. The number of nitrogens with zero attached hydrogens (tertiary/aromatic N) is 3. The number of nitrogens with two attached hydrogens (primary N) is 1. The summed E-state index contributed by atoms with van der Waals surface area (Å²) in [6.07, 6.45) is 0. The van der Waals surface area contributed by atoms with E-state index < -0.39 is 0 Å². The van der Waals surface area contributed by atoms with Crippen LogP contribution in [0, 0.1) is 0 Å². The van der Waals surface area contributed by atoms with Crippen molar-refractivity contribution >= 4 is 11.4 Å². The van der Waals surface area contributed by atoms with Crippen molar-refractivity contribution in [1.82, 2.24) is 9.80 Å². The van der Waals surface area contributed by atoms with Gasteiger partial charge in [-0.05, 0) is 12.1 Å². The first-order chi connectivity index (χ1) is 10.3. The molecule has 0 spiro atoms. The highest BCUT2D eigenvalue weighted by Crippen LogP contribution is 2.23. The second-order valence-electron chi connectivity index (χ2n) is 5.84. The van der Waals surface area contributed by atoms with Crippen molar-refractivity contribution in [3.05, 3.63) is 24.3 Å². The van der Waals surface area contributed by atoms with Crippen LogP contribution in [-0.4, -0.2) is 75.4 Å². The van der Waals surface area contributed by atoms with Crippen molar-refractivity contribution in [3.63, 3.8) is 0 Å². The fraction of sp³-hybridized carbons (Fsp3) is 0.625. The van der Waals surface area contributed by atoms with Crippen LogP contribution < -0.4 is 10.6 Å². The smallest absolute Gasteiger partial charge is 0.0600 e. The molecule has 5 nitrogen and oxygen atoms in total. The van der Waals surface area contributed by atoms with Crippen molar-refractivity contribution < 1.29 is 4.74 Å². The molecule has 2 aliphatic heterocycles. The molecule has 2 fully saturated rings. The van der Waals surface area contributed by atoms with Gasteiger partial charge in [-0.1, -0.05) is 12.1 Å². The van der Waals surface area contributed by atoms with Gasteiger partial charge in [0.1, 0.15) is 0 Å². The number of morpholine rings is 1. The Bertz CT molecular complexity index is 440. The number of rotatable bonds is 4. The van der Waals surface area contributed by atoms with Crippen LogP contribution in [0.1, 0.15) is 0 Å². The highest BCUT2D eigenvalue weighted by molar-refractivity contribution is 5.67. The molecule has 1 aromatic rings. The normalized spacial score (nSPS) is 21.6. The molecule has 1 aromatic carbocycles. The first-order valence-electron chi connectivity index (χ1n) is 7.95. The Morgan fingerprint density at radius 3 is 2.14 bits per heavy atom. The molecule has 5 heteroatoms. The van der Waals surface area contributed by atoms with E-state index in [2.05, 4.69) is 26.8 Å². The average Bonchev–Trinajstić information content (AvgIpc) is 2.55. The van der Waals surface area contributed by atoms with Gasteiger partial charge in [-0.25, -0.2) is 0 Å². The van der Waals surface area contributed by atoms with Gasteiger partial charge >= 0.3 is 0 Å². The van der Waals surface area contributed by atoms with Crippen molar-refractivity contribution in [1.29, 1.82) is 0 Å². The Morgan fingerprint density at radius 1 is 0.857 bits per heavy atom. The number of hydrogen-bond acceptors (Lipinski definition) is 5. The maximum absolute atomic E-state index is 6.07. The fourth-order valence-corrected chi connectivity index (χ4v) is 3.10. The number of nitrogen functional groups attached to an aromatic ring is 1. The van der Waals surface area contributed by atoms with E-state index in [0.717, 1.165) is 71.3 Å². The largest absolute Gasteiger partial charge is 0.397 e. The van der Waals surface area contributed by atoms with Crippen molar-refractivity contribution in [2.24, 2.45) is 0 Å². The molecule has 2 N–H and O–H groups in total. The number of anilines is 2. The summed E-state index contributed by atoms with van der Waals surface area (Å²) in [6, 6.07) is 8.17. The second kappa shape index (κ2) is 7.11. The number of para-hydroxylation sites is 2. The molecule has 0 unspecified atom stereocenters. The van der Waals surface area contributed by atoms with E-state index in [1.807, 2.05) is 12.1 Å². The third-order valence-electron chi connectivity index (χ3n) is 4.49. The third-order valence-corrected chi connectivity index (χ3v) is 4.49. The topological polar surface area (TPSA) is 45.0 Å². The summed E-state index contributed by atoms with van der Waals surface area (Å²) >= 11 is 0. The van der Waals surface area contributed by atoms with Gasteiger partial charge in [-0.2, -0.15) is 0 Å². The van der Waals surface area contributed by atoms with E-state index in [-0.39, 0.29) is 0 Å². The molecule has 0 atom stereocenters. The summed E-state index contributed by atoms with van der Waals surface area (Å²) in [4.78, 5) is 7.47. The lowest BCUT2D eigenvalue weighted by Gasteiger charge is -2.37. The van der Waals surface area contributed by atoms with E-state index >= 15 is 0 Å². The van der Waals surface area contributed by atoms with Gasteiger partial charge in [0.05, 0.1) is 24.6 Å². The standard InChI is InChI=1S/C16H26N4O/c17-15-3-1-2-4-16(15)20-9-7-18(8-10-20)5-6-19-11-13-21-14-12-19/h1-4H,5-14,17H2. The summed E-state index contributed by atoms with van der Waals surface area (Å²) in [7, 11) is 0. The molecule has 0 aliphatic carbocycles. The van der Waals surface area contributed by atoms with Crippen LogP contribution in [0.25, 0.3) is 0 Å². The van der Waals surface area contributed by atoms with Gasteiger partial charge < -0.3 is 15.4 Å². The summed E-state index contributed by atoms with van der Waals surface area (Å²) in [5, 5.41) is 0. The van der Waals surface area contributed by atoms with Crippen molar-refractivity contribution in [2.45, 2.75) is 0 Å². The second-order valence-corrected chi connectivity index (χ2v) is 5.84. The predicted octanol–water partition coefficient (Wildman–Crippen LogP) is 0.723. The molecule has 0 radical (unpaired) electrons. The number of hydrogen-bond donors (Lipinski definition) is 1. The maximum atomic E-state index is 6.07. The predicted molar refractivity (Wildman–Crippen MR) is 86.8 cm³/mol. The molecular formula is C16H26N4O. The molecule has 3 rings (SSSR count). The number of benzene rings is 1. The Labute approximate surface area is 127 Å². The van der Waals surface area contributed by atoms with Gasteiger partial charge in [-0.15, -0.1) is 0 Å². The molecule has 0 aromatic heterocycles. The van der Waals surface area contributed by atoms with Crippen LogP contribution in [0.5, 0.6) is 0 Å². The Morgan fingerprint density at radius 2 is 1.48 bits per heavy atom. The first kappa shape index (κ1) is 14.6. The fourth-order valence-electron chi connectivity index (χ4n) is 3.10. The molecule has 0 bridgehead atoms. The number of piperazine rings is 1. The molecule has 2 heterocycles. The van der Waals surface area contributed by atoms with Crippen LogP contribution in [0.3, 0.4) is 0 Å².